The Bertz CT molecular complexity index is 968. The minimum absolute atomic E-state index is 0.425. The number of piperidine rings is 1. The number of aryl methyl sites for hydroxylation is 1. The molecule has 2 bridgehead atoms. The summed E-state index contributed by atoms with van der Waals surface area (Å²) < 4.78 is 2.16. The number of hydrogen-bond donors (Lipinski definition) is 1. The summed E-state index contributed by atoms with van der Waals surface area (Å²) in [7, 11) is 0. The first-order chi connectivity index (χ1) is 14.1. The molecule has 2 atom stereocenters. The Labute approximate surface area is 171 Å². The third-order valence-electron chi connectivity index (χ3n) is 6.60. The van der Waals surface area contributed by atoms with E-state index in [1.165, 1.54) is 5.56 Å². The van der Waals surface area contributed by atoms with Gasteiger partial charge >= 0.3 is 0 Å². The Morgan fingerprint density at radius 1 is 1.10 bits per heavy atom. The van der Waals surface area contributed by atoms with Gasteiger partial charge in [0.1, 0.15) is 5.82 Å². The van der Waals surface area contributed by atoms with E-state index in [1.54, 1.807) is 0 Å². The fourth-order valence-electron chi connectivity index (χ4n) is 5.30. The molecule has 0 amide bonds. The molecule has 2 unspecified atom stereocenters. The van der Waals surface area contributed by atoms with Crippen LogP contribution < -0.4 is 0 Å². The fraction of sp³-hybridized carbons (Fsp3) is 0.522. The van der Waals surface area contributed by atoms with Crippen molar-refractivity contribution in [3.8, 4) is 0 Å². The van der Waals surface area contributed by atoms with E-state index >= 15 is 0 Å². The standard InChI is InChI=1S/C23H29N5O/c1-2-4-22-25-13-17(14-26-22)15-28-18-6-7-19(28)12-23(29,11-18)16-27-10-8-20-21(27)5-3-9-24-20/h3,5,8-10,13-14,18-19,29H,2,4,6-7,11-12,15-16H2,1H3. The predicted molar refractivity (Wildman–Crippen MR) is 112 cm³/mol. The molecule has 0 radical (unpaired) electrons. The molecule has 0 saturated carbocycles. The van der Waals surface area contributed by atoms with Gasteiger partial charge in [-0.05, 0) is 50.3 Å². The highest BCUT2D eigenvalue weighted by molar-refractivity contribution is 5.75. The molecule has 5 rings (SSSR count). The summed E-state index contributed by atoms with van der Waals surface area (Å²) in [6.45, 7) is 3.67. The molecule has 2 fully saturated rings. The van der Waals surface area contributed by atoms with E-state index in [1.807, 2.05) is 30.7 Å². The van der Waals surface area contributed by atoms with Gasteiger partial charge < -0.3 is 9.67 Å². The van der Waals surface area contributed by atoms with E-state index < -0.39 is 5.60 Å². The molecular weight excluding hydrogens is 362 g/mol. The topological polar surface area (TPSA) is 67.1 Å². The highest BCUT2D eigenvalue weighted by Gasteiger charge is 2.47. The number of fused-ring (bicyclic) bond motifs is 3. The van der Waals surface area contributed by atoms with Crippen LogP contribution in [0.1, 0.15) is 50.4 Å². The summed E-state index contributed by atoms with van der Waals surface area (Å²) in [6, 6.07) is 6.92. The van der Waals surface area contributed by atoms with Crippen LogP contribution in [0.2, 0.25) is 0 Å². The van der Waals surface area contributed by atoms with Gasteiger partial charge in [-0.2, -0.15) is 0 Å². The zero-order chi connectivity index (χ0) is 19.8. The van der Waals surface area contributed by atoms with Gasteiger partial charge in [-0.25, -0.2) is 9.97 Å². The second kappa shape index (κ2) is 7.50. The maximum absolute atomic E-state index is 11.5. The number of hydrogen-bond acceptors (Lipinski definition) is 5. The van der Waals surface area contributed by atoms with E-state index in [9.17, 15) is 5.11 Å². The second-order valence-electron chi connectivity index (χ2n) is 8.80. The van der Waals surface area contributed by atoms with Gasteiger partial charge in [-0.1, -0.05) is 6.92 Å². The van der Waals surface area contributed by atoms with Gasteiger partial charge in [-0.15, -0.1) is 0 Å². The molecule has 5 heterocycles. The van der Waals surface area contributed by atoms with Crippen molar-refractivity contribution < 1.29 is 5.11 Å². The lowest BCUT2D eigenvalue weighted by atomic mass is 9.85. The van der Waals surface area contributed by atoms with Crippen LogP contribution in [0.15, 0.2) is 43.0 Å². The summed E-state index contributed by atoms with van der Waals surface area (Å²) in [4.78, 5) is 16.0. The van der Waals surface area contributed by atoms with E-state index in [2.05, 4.69) is 43.6 Å². The quantitative estimate of drug-likeness (QED) is 0.698. The smallest absolute Gasteiger partial charge is 0.128 e. The first-order valence-electron chi connectivity index (χ1n) is 10.8. The van der Waals surface area contributed by atoms with Crippen LogP contribution in [0.3, 0.4) is 0 Å². The zero-order valence-corrected chi connectivity index (χ0v) is 17.0. The van der Waals surface area contributed by atoms with Crippen molar-refractivity contribution in [1.82, 2.24) is 24.4 Å². The van der Waals surface area contributed by atoms with Crippen LogP contribution >= 0.6 is 0 Å². The van der Waals surface area contributed by atoms with Crippen molar-refractivity contribution in [2.75, 3.05) is 0 Å². The molecule has 0 aliphatic carbocycles. The number of aromatic nitrogens is 4. The molecule has 2 aliphatic rings. The third kappa shape index (κ3) is 3.67. The highest BCUT2D eigenvalue weighted by Crippen LogP contribution is 2.42. The van der Waals surface area contributed by atoms with Crippen molar-refractivity contribution in [3.63, 3.8) is 0 Å². The Kier molecular flexibility index (Phi) is 4.84. The normalized spacial score (nSPS) is 27.0. The van der Waals surface area contributed by atoms with Crippen LogP contribution in [0.5, 0.6) is 0 Å². The Morgan fingerprint density at radius 3 is 2.59 bits per heavy atom. The molecule has 1 N–H and O–H groups in total. The highest BCUT2D eigenvalue weighted by atomic mass is 16.3. The van der Waals surface area contributed by atoms with Gasteiger partial charge in [0.05, 0.1) is 23.2 Å². The summed E-state index contributed by atoms with van der Waals surface area (Å²) in [5, 5.41) is 11.5. The first-order valence-corrected chi connectivity index (χ1v) is 10.8. The van der Waals surface area contributed by atoms with Crippen LogP contribution in [0, 0.1) is 0 Å². The predicted octanol–water partition coefficient (Wildman–Crippen LogP) is 3.34. The number of aliphatic hydroxyl groups is 1. The third-order valence-corrected chi connectivity index (χ3v) is 6.60. The van der Waals surface area contributed by atoms with E-state index in [4.69, 9.17) is 0 Å². The molecule has 6 nitrogen and oxygen atoms in total. The Balaban J connectivity index is 1.29. The SMILES string of the molecule is CCCc1ncc(CN2C3CCC2CC(O)(Cn2ccc4ncccc42)C3)cn1. The molecule has 0 aromatic carbocycles. The summed E-state index contributed by atoms with van der Waals surface area (Å²) in [5.41, 5.74) is 2.60. The van der Waals surface area contributed by atoms with Crippen molar-refractivity contribution in [1.29, 1.82) is 0 Å². The summed E-state index contributed by atoms with van der Waals surface area (Å²) in [5.74, 6) is 0.931. The molecule has 2 saturated heterocycles. The second-order valence-corrected chi connectivity index (χ2v) is 8.80. The Morgan fingerprint density at radius 2 is 1.86 bits per heavy atom. The van der Waals surface area contributed by atoms with Crippen LogP contribution in [0.25, 0.3) is 11.0 Å². The number of nitrogens with zero attached hydrogens (tertiary/aromatic N) is 5. The van der Waals surface area contributed by atoms with Crippen molar-refractivity contribution in [3.05, 3.63) is 54.4 Å². The van der Waals surface area contributed by atoms with Crippen molar-refractivity contribution in [2.45, 2.75) is 76.2 Å². The monoisotopic (exact) mass is 391 g/mol. The van der Waals surface area contributed by atoms with Gasteiger partial charge in [0.25, 0.3) is 0 Å². The summed E-state index contributed by atoms with van der Waals surface area (Å²) in [6.07, 6.45) is 13.8. The van der Waals surface area contributed by atoms with Crippen LogP contribution in [-0.4, -0.2) is 47.2 Å². The summed E-state index contributed by atoms with van der Waals surface area (Å²) >= 11 is 0. The minimum atomic E-state index is -0.661. The molecule has 0 spiro atoms. The first kappa shape index (κ1) is 18.7. The lowest BCUT2D eigenvalue weighted by molar-refractivity contribution is -0.0644. The van der Waals surface area contributed by atoms with E-state index in [0.29, 0.717) is 18.6 Å². The van der Waals surface area contributed by atoms with Gasteiger partial charge in [0.2, 0.25) is 0 Å². The lowest BCUT2D eigenvalue weighted by Crippen LogP contribution is -2.52. The van der Waals surface area contributed by atoms with Gasteiger partial charge in [-0.3, -0.25) is 9.88 Å². The minimum Gasteiger partial charge on any atom is -0.388 e. The van der Waals surface area contributed by atoms with Crippen LogP contribution in [-0.2, 0) is 19.5 Å². The van der Waals surface area contributed by atoms with Gasteiger partial charge in [0, 0.05) is 55.4 Å². The molecule has 29 heavy (non-hydrogen) atoms. The fourth-order valence-corrected chi connectivity index (χ4v) is 5.30. The van der Waals surface area contributed by atoms with Crippen molar-refractivity contribution in [2.24, 2.45) is 0 Å². The number of pyridine rings is 1. The molecule has 152 valence electrons. The van der Waals surface area contributed by atoms with E-state index in [0.717, 1.165) is 61.9 Å². The molecule has 3 aromatic heterocycles. The maximum atomic E-state index is 11.5. The van der Waals surface area contributed by atoms with Crippen molar-refractivity contribution >= 4 is 11.0 Å². The molecule has 3 aromatic rings. The zero-order valence-electron chi connectivity index (χ0n) is 17.0. The molecule has 2 aliphatic heterocycles. The van der Waals surface area contributed by atoms with Gasteiger partial charge in [0.15, 0.2) is 0 Å². The average molecular weight is 392 g/mol. The number of rotatable bonds is 6. The van der Waals surface area contributed by atoms with E-state index in [-0.39, 0.29) is 0 Å². The maximum Gasteiger partial charge on any atom is 0.128 e. The average Bonchev–Trinajstić information content (AvgIpc) is 3.22. The molecular formula is C23H29N5O. The van der Waals surface area contributed by atoms with Crippen LogP contribution in [0.4, 0.5) is 0 Å². The molecule has 6 heteroatoms. The lowest BCUT2D eigenvalue weighted by Gasteiger charge is -2.44. The largest absolute Gasteiger partial charge is 0.388 e. The Hall–Kier alpha value is -2.31.